The third-order valence-corrected chi connectivity index (χ3v) is 9.17. The maximum absolute atomic E-state index is 2.42. The van der Waals surface area contributed by atoms with Crippen molar-refractivity contribution < 1.29 is 0 Å². The number of benzene rings is 8. The van der Waals surface area contributed by atoms with Crippen LogP contribution in [0.15, 0.2) is 182 Å². The van der Waals surface area contributed by atoms with Crippen LogP contribution < -0.4 is 4.90 Å². The van der Waals surface area contributed by atoms with Gasteiger partial charge in [0.05, 0.1) is 11.0 Å². The molecule has 0 radical (unpaired) electrons. The second-order valence-electron chi connectivity index (χ2n) is 11.8. The minimum atomic E-state index is 1.11. The first-order chi connectivity index (χ1) is 22.8. The molecule has 0 amide bonds. The zero-order valence-electron chi connectivity index (χ0n) is 25.2. The van der Waals surface area contributed by atoms with Crippen LogP contribution in [-0.4, -0.2) is 4.57 Å². The predicted octanol–water partition coefficient (Wildman–Crippen LogP) is 12.2. The average molecular weight is 587 g/mol. The van der Waals surface area contributed by atoms with E-state index < -0.39 is 0 Å². The first-order valence-corrected chi connectivity index (χ1v) is 15.8. The molecule has 0 fully saturated rings. The summed E-state index contributed by atoms with van der Waals surface area (Å²) in [6, 6.07) is 65.6. The van der Waals surface area contributed by atoms with Crippen LogP contribution in [0.1, 0.15) is 0 Å². The minimum absolute atomic E-state index is 1.11. The van der Waals surface area contributed by atoms with E-state index in [4.69, 9.17) is 0 Å². The highest BCUT2D eigenvalue weighted by molar-refractivity contribution is 6.18. The average Bonchev–Trinajstić information content (AvgIpc) is 3.48. The molecule has 0 unspecified atom stereocenters. The maximum Gasteiger partial charge on any atom is 0.0619 e. The van der Waals surface area contributed by atoms with Crippen molar-refractivity contribution in [2.75, 3.05) is 4.90 Å². The van der Waals surface area contributed by atoms with Crippen LogP contribution in [0, 0.1) is 0 Å². The Morgan fingerprint density at radius 1 is 0.348 bits per heavy atom. The van der Waals surface area contributed by atoms with Gasteiger partial charge in [-0.15, -0.1) is 0 Å². The fourth-order valence-electron chi connectivity index (χ4n) is 7.04. The van der Waals surface area contributed by atoms with E-state index in [0.29, 0.717) is 0 Å². The molecule has 0 atom stereocenters. The molecule has 0 saturated heterocycles. The lowest BCUT2D eigenvalue weighted by Gasteiger charge is -2.26. The minimum Gasteiger partial charge on any atom is -0.311 e. The molecule has 0 N–H and O–H groups in total. The topological polar surface area (TPSA) is 8.17 Å². The molecule has 0 aliphatic heterocycles. The van der Waals surface area contributed by atoms with Crippen LogP contribution in [0.2, 0.25) is 0 Å². The summed E-state index contributed by atoms with van der Waals surface area (Å²) in [5.41, 5.74) is 9.41. The quantitative estimate of drug-likeness (QED) is 0.195. The van der Waals surface area contributed by atoms with Crippen molar-refractivity contribution in [3.8, 4) is 16.8 Å². The monoisotopic (exact) mass is 586 g/mol. The zero-order chi connectivity index (χ0) is 30.5. The van der Waals surface area contributed by atoms with Crippen LogP contribution in [-0.2, 0) is 0 Å². The zero-order valence-corrected chi connectivity index (χ0v) is 25.2. The highest BCUT2D eigenvalue weighted by Gasteiger charge is 2.17. The summed E-state index contributed by atoms with van der Waals surface area (Å²) in [7, 11) is 0. The van der Waals surface area contributed by atoms with E-state index in [0.717, 1.165) is 22.7 Å². The Bertz CT molecular complexity index is 2500. The lowest BCUT2D eigenvalue weighted by atomic mass is 9.98. The number of nitrogens with zero attached hydrogens (tertiary/aromatic N) is 2. The smallest absolute Gasteiger partial charge is 0.0619 e. The van der Waals surface area contributed by atoms with Gasteiger partial charge >= 0.3 is 0 Å². The molecule has 8 aromatic carbocycles. The van der Waals surface area contributed by atoms with E-state index in [1.54, 1.807) is 0 Å². The van der Waals surface area contributed by atoms with Gasteiger partial charge in [-0.05, 0) is 81.9 Å². The molecule has 1 aromatic heterocycles. The summed E-state index contributed by atoms with van der Waals surface area (Å²) in [6.07, 6.45) is 0. The van der Waals surface area contributed by atoms with Gasteiger partial charge in [0.2, 0.25) is 0 Å². The Balaban J connectivity index is 1.16. The van der Waals surface area contributed by atoms with Gasteiger partial charge in [-0.25, -0.2) is 0 Å². The number of hydrogen-bond acceptors (Lipinski definition) is 1. The van der Waals surface area contributed by atoms with Crippen molar-refractivity contribution in [3.05, 3.63) is 182 Å². The summed E-state index contributed by atoms with van der Waals surface area (Å²) in [5, 5.41) is 7.58. The summed E-state index contributed by atoms with van der Waals surface area (Å²) < 4.78 is 2.42. The van der Waals surface area contributed by atoms with Gasteiger partial charge < -0.3 is 9.47 Å². The Morgan fingerprint density at radius 3 is 1.67 bits per heavy atom. The summed E-state index contributed by atoms with van der Waals surface area (Å²) in [5.74, 6) is 0. The molecule has 2 nitrogen and oxygen atoms in total. The molecular formula is C44H30N2. The SMILES string of the molecule is c1ccc(N(c2ccc(-c3cccc4ccccc34)cc2)c2ccc(-n3c4ccccc4c4ccc5ccccc5c43)cc2)cc1. The second-order valence-corrected chi connectivity index (χ2v) is 11.8. The summed E-state index contributed by atoms with van der Waals surface area (Å²) in [4.78, 5) is 2.33. The molecule has 2 heteroatoms. The lowest BCUT2D eigenvalue weighted by molar-refractivity contribution is 1.18. The molecule has 1 heterocycles. The number of hydrogen-bond donors (Lipinski definition) is 0. The van der Waals surface area contributed by atoms with Gasteiger partial charge in [0.25, 0.3) is 0 Å². The Labute approximate surface area is 268 Å². The predicted molar refractivity (Wildman–Crippen MR) is 196 cm³/mol. The number of anilines is 3. The van der Waals surface area contributed by atoms with E-state index in [1.165, 1.54) is 54.5 Å². The van der Waals surface area contributed by atoms with Crippen molar-refractivity contribution in [3.63, 3.8) is 0 Å². The first-order valence-electron chi connectivity index (χ1n) is 15.8. The Kier molecular flexibility index (Phi) is 6.17. The second kappa shape index (κ2) is 10.8. The van der Waals surface area contributed by atoms with Crippen LogP contribution in [0.5, 0.6) is 0 Å². The van der Waals surface area contributed by atoms with Gasteiger partial charge in [0.15, 0.2) is 0 Å². The van der Waals surface area contributed by atoms with Crippen molar-refractivity contribution in [1.29, 1.82) is 0 Å². The Hall–Kier alpha value is -6.12. The van der Waals surface area contributed by atoms with E-state index in [2.05, 4.69) is 191 Å². The van der Waals surface area contributed by atoms with Gasteiger partial charge in [-0.3, -0.25) is 0 Å². The molecule has 9 rings (SSSR count). The van der Waals surface area contributed by atoms with Gasteiger partial charge in [-0.1, -0.05) is 127 Å². The molecule has 0 spiro atoms. The molecule has 0 aliphatic carbocycles. The van der Waals surface area contributed by atoms with E-state index in [1.807, 2.05) is 0 Å². The molecule has 0 aliphatic rings. The van der Waals surface area contributed by atoms with E-state index in [-0.39, 0.29) is 0 Å². The Morgan fingerprint density at radius 2 is 0.913 bits per heavy atom. The molecule has 46 heavy (non-hydrogen) atoms. The third kappa shape index (κ3) is 4.27. The normalized spacial score (nSPS) is 11.5. The van der Waals surface area contributed by atoms with Gasteiger partial charge in [0, 0.05) is 38.9 Å². The van der Waals surface area contributed by atoms with Gasteiger partial charge in [0.1, 0.15) is 0 Å². The van der Waals surface area contributed by atoms with Crippen LogP contribution in [0.4, 0.5) is 17.1 Å². The standard InChI is InChI=1S/C44H30N2/c1-2-14-34(15-3-1)45(35-24-21-33(22-25-35)39-19-10-13-31-11-4-6-16-38(31)39)36-26-28-37(29-27-36)46-43-20-9-8-18-41(43)42-30-23-32-12-5-7-17-40(32)44(42)46/h1-30H. The molecule has 0 saturated carbocycles. The first kappa shape index (κ1) is 26.3. The summed E-state index contributed by atoms with van der Waals surface area (Å²) in [6.45, 7) is 0. The van der Waals surface area contributed by atoms with Crippen molar-refractivity contribution in [2.24, 2.45) is 0 Å². The van der Waals surface area contributed by atoms with Crippen molar-refractivity contribution in [1.82, 2.24) is 4.57 Å². The maximum atomic E-state index is 2.42. The fourth-order valence-corrected chi connectivity index (χ4v) is 7.04. The molecule has 216 valence electrons. The van der Waals surface area contributed by atoms with E-state index >= 15 is 0 Å². The van der Waals surface area contributed by atoms with E-state index in [9.17, 15) is 0 Å². The highest BCUT2D eigenvalue weighted by Crippen LogP contribution is 2.39. The number of para-hydroxylation sites is 2. The van der Waals surface area contributed by atoms with Crippen molar-refractivity contribution in [2.45, 2.75) is 0 Å². The third-order valence-electron chi connectivity index (χ3n) is 9.17. The van der Waals surface area contributed by atoms with Gasteiger partial charge in [-0.2, -0.15) is 0 Å². The fraction of sp³-hybridized carbons (Fsp3) is 0. The van der Waals surface area contributed by atoms with Crippen LogP contribution in [0.25, 0.3) is 60.2 Å². The molecule has 0 bridgehead atoms. The largest absolute Gasteiger partial charge is 0.311 e. The van der Waals surface area contributed by atoms with Crippen molar-refractivity contribution >= 4 is 60.4 Å². The van der Waals surface area contributed by atoms with Crippen LogP contribution >= 0.6 is 0 Å². The molecular weight excluding hydrogens is 556 g/mol. The lowest BCUT2D eigenvalue weighted by Crippen LogP contribution is -2.10. The molecule has 9 aromatic rings. The number of aromatic nitrogens is 1. The van der Waals surface area contributed by atoms with Crippen LogP contribution in [0.3, 0.4) is 0 Å². The number of rotatable bonds is 5. The highest BCUT2D eigenvalue weighted by atomic mass is 15.1. The number of fused-ring (bicyclic) bond motifs is 6. The summed E-state index contributed by atoms with van der Waals surface area (Å²) >= 11 is 0.